The first-order valence-electron chi connectivity index (χ1n) is 6.50. The fraction of sp³-hybridized carbons (Fsp3) is 0.533. The number of hydrogen-bond acceptors (Lipinski definition) is 3. The number of nitrogens with one attached hydrogen (secondary N) is 1. The zero-order chi connectivity index (χ0) is 14.5. The summed E-state index contributed by atoms with van der Waals surface area (Å²) < 4.78 is 5.14. The van der Waals surface area contributed by atoms with Crippen LogP contribution in [0.4, 0.5) is 4.79 Å². The predicted molar refractivity (Wildman–Crippen MR) is 74.7 cm³/mol. The minimum absolute atomic E-state index is 0.115. The van der Waals surface area contributed by atoms with Crippen LogP contribution in [0, 0.1) is 5.92 Å². The topological polar surface area (TPSA) is 58.6 Å². The maximum absolute atomic E-state index is 11.7. The number of hydrogen-bond donors (Lipinski definition) is 2. The van der Waals surface area contributed by atoms with Crippen LogP contribution in [0.1, 0.15) is 33.3 Å². The van der Waals surface area contributed by atoms with Gasteiger partial charge in [0.2, 0.25) is 0 Å². The number of ether oxygens (including phenoxy) is 1. The molecule has 0 heterocycles. The van der Waals surface area contributed by atoms with Crippen LogP contribution in [0.25, 0.3) is 0 Å². The molecule has 0 unspecified atom stereocenters. The maximum atomic E-state index is 11.7. The average molecular weight is 265 g/mol. The third kappa shape index (κ3) is 5.30. The molecule has 1 atom stereocenters. The molecule has 1 rings (SSSR count). The minimum atomic E-state index is -0.986. The van der Waals surface area contributed by atoms with Gasteiger partial charge in [-0.1, -0.05) is 44.2 Å². The largest absolute Gasteiger partial charge is 0.445 e. The van der Waals surface area contributed by atoms with Crippen LogP contribution in [0.5, 0.6) is 0 Å². The lowest BCUT2D eigenvalue weighted by Crippen LogP contribution is -2.52. The lowest BCUT2D eigenvalue weighted by atomic mass is 9.89. The Balaban J connectivity index is 2.50. The van der Waals surface area contributed by atoms with E-state index in [2.05, 4.69) is 5.32 Å². The second kappa shape index (κ2) is 6.57. The quantitative estimate of drug-likeness (QED) is 0.860. The summed E-state index contributed by atoms with van der Waals surface area (Å²) in [6.45, 7) is 7.47. The van der Waals surface area contributed by atoms with E-state index in [-0.39, 0.29) is 18.6 Å². The zero-order valence-electron chi connectivity index (χ0n) is 12.0. The molecule has 4 nitrogen and oxygen atoms in total. The van der Waals surface area contributed by atoms with Crippen molar-refractivity contribution in [3.8, 4) is 0 Å². The summed E-state index contributed by atoms with van der Waals surface area (Å²) in [6.07, 6.45) is -0.510. The van der Waals surface area contributed by atoms with Gasteiger partial charge in [-0.3, -0.25) is 0 Å². The summed E-state index contributed by atoms with van der Waals surface area (Å²) in [5.74, 6) is 0.115. The summed E-state index contributed by atoms with van der Waals surface area (Å²) in [5, 5.41) is 12.7. The van der Waals surface area contributed by atoms with Crippen molar-refractivity contribution in [1.29, 1.82) is 0 Å². The third-order valence-corrected chi connectivity index (χ3v) is 2.91. The Kier molecular flexibility index (Phi) is 5.36. The SMILES string of the molecule is CC(C)[C@H](NC(=O)OCc1ccccc1)C(C)(C)O. The van der Waals surface area contributed by atoms with Crippen LogP contribution in [0.3, 0.4) is 0 Å². The van der Waals surface area contributed by atoms with E-state index in [1.54, 1.807) is 13.8 Å². The smallest absolute Gasteiger partial charge is 0.407 e. The van der Waals surface area contributed by atoms with E-state index in [9.17, 15) is 9.90 Å². The summed E-state index contributed by atoms with van der Waals surface area (Å²) in [7, 11) is 0. The molecule has 0 radical (unpaired) electrons. The van der Waals surface area contributed by atoms with Gasteiger partial charge in [-0.15, -0.1) is 0 Å². The third-order valence-electron chi connectivity index (χ3n) is 2.91. The molecule has 4 heteroatoms. The number of amides is 1. The molecule has 1 aromatic carbocycles. The molecule has 0 aromatic heterocycles. The average Bonchev–Trinajstić information content (AvgIpc) is 2.33. The van der Waals surface area contributed by atoms with Crippen LogP contribution < -0.4 is 5.32 Å². The van der Waals surface area contributed by atoms with Gasteiger partial charge in [0.25, 0.3) is 0 Å². The van der Waals surface area contributed by atoms with Crippen molar-refractivity contribution in [2.45, 2.75) is 45.9 Å². The summed E-state index contributed by atoms with van der Waals surface area (Å²) in [5.41, 5.74) is -0.0538. The van der Waals surface area contributed by atoms with Crippen LogP contribution >= 0.6 is 0 Å². The fourth-order valence-corrected chi connectivity index (χ4v) is 2.05. The Bertz CT molecular complexity index is 396. The van der Waals surface area contributed by atoms with Gasteiger partial charge >= 0.3 is 6.09 Å². The standard InChI is InChI=1S/C15H23NO3/c1-11(2)13(15(3,4)18)16-14(17)19-10-12-8-6-5-7-9-12/h5-9,11,13,18H,10H2,1-4H3,(H,16,17)/t13-/m0/s1. The molecule has 0 spiro atoms. The van der Waals surface area contributed by atoms with Gasteiger partial charge in [0.15, 0.2) is 0 Å². The lowest BCUT2D eigenvalue weighted by Gasteiger charge is -2.32. The summed E-state index contributed by atoms with van der Waals surface area (Å²) in [6, 6.07) is 9.13. The van der Waals surface area contributed by atoms with Crippen LogP contribution in [-0.4, -0.2) is 22.8 Å². The van der Waals surface area contributed by atoms with Crippen molar-refractivity contribution in [3.05, 3.63) is 35.9 Å². The van der Waals surface area contributed by atoms with E-state index in [4.69, 9.17) is 4.74 Å². The molecule has 0 aliphatic carbocycles. The van der Waals surface area contributed by atoms with Crippen molar-refractivity contribution in [2.75, 3.05) is 0 Å². The normalized spacial score (nSPS) is 13.2. The number of alkyl carbamates (subject to hydrolysis) is 1. The Morgan fingerprint density at radius 1 is 1.32 bits per heavy atom. The van der Waals surface area contributed by atoms with Crippen molar-refractivity contribution in [1.82, 2.24) is 5.32 Å². The highest BCUT2D eigenvalue weighted by Crippen LogP contribution is 2.16. The van der Waals surface area contributed by atoms with Crippen LogP contribution in [0.15, 0.2) is 30.3 Å². The molecular formula is C15H23NO3. The minimum Gasteiger partial charge on any atom is -0.445 e. The molecule has 0 saturated carbocycles. The van der Waals surface area contributed by atoms with Crippen molar-refractivity contribution < 1.29 is 14.6 Å². The number of aliphatic hydroxyl groups is 1. The highest BCUT2D eigenvalue weighted by atomic mass is 16.5. The van der Waals surface area contributed by atoms with Gasteiger partial charge in [0.05, 0.1) is 11.6 Å². The molecule has 0 aliphatic rings. The molecule has 1 amide bonds. The second-order valence-corrected chi connectivity index (χ2v) is 5.58. The maximum Gasteiger partial charge on any atom is 0.407 e. The predicted octanol–water partition coefficient (Wildman–Crippen LogP) is 2.71. The van der Waals surface area contributed by atoms with E-state index in [1.807, 2.05) is 44.2 Å². The van der Waals surface area contributed by atoms with Gasteiger partial charge in [0.1, 0.15) is 6.61 Å². The molecule has 0 bridgehead atoms. The van der Waals surface area contributed by atoms with E-state index in [0.717, 1.165) is 5.56 Å². The molecule has 0 saturated heterocycles. The lowest BCUT2D eigenvalue weighted by molar-refractivity contribution is 0.0175. The van der Waals surface area contributed by atoms with Gasteiger partial charge in [-0.2, -0.15) is 0 Å². The zero-order valence-corrected chi connectivity index (χ0v) is 12.0. The highest BCUT2D eigenvalue weighted by molar-refractivity contribution is 5.67. The summed E-state index contributed by atoms with van der Waals surface area (Å²) in [4.78, 5) is 11.7. The van der Waals surface area contributed by atoms with Gasteiger partial charge in [0, 0.05) is 0 Å². The Morgan fingerprint density at radius 2 is 1.89 bits per heavy atom. The second-order valence-electron chi connectivity index (χ2n) is 5.58. The van der Waals surface area contributed by atoms with Gasteiger partial charge in [-0.25, -0.2) is 4.79 Å². The number of benzene rings is 1. The van der Waals surface area contributed by atoms with Gasteiger partial charge < -0.3 is 15.2 Å². The first-order chi connectivity index (χ1) is 8.80. The number of rotatable bonds is 5. The van der Waals surface area contributed by atoms with Crippen LogP contribution in [-0.2, 0) is 11.3 Å². The van der Waals surface area contributed by atoms with E-state index in [1.165, 1.54) is 0 Å². The number of carbonyl (C=O) groups is 1. The van der Waals surface area contributed by atoms with Crippen molar-refractivity contribution in [3.63, 3.8) is 0 Å². The Labute approximate surface area is 114 Å². The molecular weight excluding hydrogens is 242 g/mol. The Morgan fingerprint density at radius 3 is 2.37 bits per heavy atom. The monoisotopic (exact) mass is 265 g/mol. The first-order valence-corrected chi connectivity index (χ1v) is 6.50. The molecule has 0 fully saturated rings. The molecule has 106 valence electrons. The fourth-order valence-electron chi connectivity index (χ4n) is 2.05. The number of carbonyl (C=O) groups excluding carboxylic acids is 1. The Hall–Kier alpha value is -1.55. The van der Waals surface area contributed by atoms with Crippen molar-refractivity contribution in [2.24, 2.45) is 5.92 Å². The molecule has 0 aliphatic heterocycles. The highest BCUT2D eigenvalue weighted by Gasteiger charge is 2.31. The summed E-state index contributed by atoms with van der Waals surface area (Å²) >= 11 is 0. The van der Waals surface area contributed by atoms with E-state index >= 15 is 0 Å². The van der Waals surface area contributed by atoms with Gasteiger partial charge in [-0.05, 0) is 25.3 Å². The van der Waals surface area contributed by atoms with Crippen molar-refractivity contribution >= 4 is 6.09 Å². The molecule has 19 heavy (non-hydrogen) atoms. The van der Waals surface area contributed by atoms with E-state index < -0.39 is 11.7 Å². The van der Waals surface area contributed by atoms with E-state index in [0.29, 0.717) is 0 Å². The molecule has 2 N–H and O–H groups in total. The first kappa shape index (κ1) is 15.5. The van der Waals surface area contributed by atoms with Crippen LogP contribution in [0.2, 0.25) is 0 Å². The molecule has 1 aromatic rings.